The van der Waals surface area contributed by atoms with Crippen molar-refractivity contribution in [1.29, 1.82) is 0 Å². The van der Waals surface area contributed by atoms with E-state index >= 15 is 0 Å². The number of hydrogen-bond acceptors (Lipinski definition) is 9. The van der Waals surface area contributed by atoms with Crippen molar-refractivity contribution in [2.75, 3.05) is 13.2 Å². The van der Waals surface area contributed by atoms with Crippen molar-refractivity contribution in [3.8, 4) is 0 Å². The van der Waals surface area contributed by atoms with Crippen LogP contribution in [0.4, 0.5) is 0 Å². The first kappa shape index (κ1) is 24.8. The van der Waals surface area contributed by atoms with Crippen molar-refractivity contribution in [3.05, 3.63) is 71.8 Å². The lowest BCUT2D eigenvalue weighted by Gasteiger charge is -2.43. The first-order valence-electron chi connectivity index (χ1n) is 10.5. The Morgan fingerprint density at radius 2 is 1.42 bits per heavy atom. The van der Waals surface area contributed by atoms with E-state index in [0.717, 1.165) is 0 Å². The highest BCUT2D eigenvalue weighted by Crippen LogP contribution is 2.31. The quantitative estimate of drug-likeness (QED) is 0.354. The Morgan fingerprint density at radius 3 is 1.97 bits per heavy atom. The normalized spacial score (nSPS) is 24.5. The zero-order valence-corrected chi connectivity index (χ0v) is 19.2. The molecule has 33 heavy (non-hydrogen) atoms. The van der Waals surface area contributed by atoms with Crippen molar-refractivity contribution in [2.45, 2.75) is 43.7 Å². The Bertz CT molecular complexity index is 936. The molecule has 176 valence electrons. The van der Waals surface area contributed by atoms with Crippen molar-refractivity contribution >= 4 is 30.5 Å². The van der Waals surface area contributed by atoms with Crippen LogP contribution in [-0.2, 0) is 28.5 Å². The molecule has 0 saturated carbocycles. The van der Waals surface area contributed by atoms with Crippen LogP contribution in [0.25, 0.3) is 0 Å². The van der Waals surface area contributed by atoms with Crippen LogP contribution in [0.15, 0.2) is 60.7 Å². The van der Waals surface area contributed by atoms with Gasteiger partial charge in [-0.3, -0.25) is 4.79 Å². The van der Waals surface area contributed by atoms with Crippen LogP contribution < -0.4 is 0 Å². The number of thiol groups is 1. The molecule has 2 aromatic rings. The lowest BCUT2D eigenvalue weighted by Crippen LogP contribution is -2.60. The number of hydrogen-bond donors (Lipinski definition) is 1. The molecule has 0 bridgehead atoms. The molecule has 1 aliphatic rings. The maximum atomic E-state index is 12.6. The monoisotopic (exact) mass is 474 g/mol. The number of carbonyl (C=O) groups excluding carboxylic acids is 3. The molecule has 9 heteroatoms. The minimum absolute atomic E-state index is 0.217. The van der Waals surface area contributed by atoms with Crippen LogP contribution in [0, 0.1) is 0 Å². The van der Waals surface area contributed by atoms with Gasteiger partial charge in [0.05, 0.1) is 11.1 Å². The average Bonchev–Trinajstić information content (AvgIpc) is 2.82. The summed E-state index contributed by atoms with van der Waals surface area (Å²) in [6, 6.07) is 16.9. The van der Waals surface area contributed by atoms with Gasteiger partial charge in [0.25, 0.3) is 0 Å². The molecule has 1 saturated heterocycles. The molecule has 1 aliphatic heterocycles. The summed E-state index contributed by atoms with van der Waals surface area (Å²) in [5, 5.41) is 0. The molecule has 0 aromatic heterocycles. The summed E-state index contributed by atoms with van der Waals surface area (Å²) in [7, 11) is 0. The lowest BCUT2D eigenvalue weighted by molar-refractivity contribution is -0.230. The van der Waals surface area contributed by atoms with E-state index in [2.05, 4.69) is 12.6 Å². The highest BCUT2D eigenvalue weighted by Gasteiger charge is 2.50. The van der Waals surface area contributed by atoms with Gasteiger partial charge in [-0.15, -0.1) is 12.6 Å². The molecule has 1 fully saturated rings. The maximum absolute atomic E-state index is 12.6. The molecule has 8 nitrogen and oxygen atoms in total. The van der Waals surface area contributed by atoms with Crippen LogP contribution >= 0.6 is 12.6 Å². The summed E-state index contributed by atoms with van der Waals surface area (Å²) in [4.78, 5) is 36.8. The van der Waals surface area contributed by atoms with Crippen LogP contribution in [0.5, 0.6) is 0 Å². The number of esters is 3. The largest absolute Gasteiger partial charge is 0.459 e. The predicted molar refractivity (Wildman–Crippen MR) is 121 cm³/mol. The van der Waals surface area contributed by atoms with Crippen molar-refractivity contribution in [2.24, 2.45) is 0 Å². The third kappa shape index (κ3) is 6.56. The highest BCUT2D eigenvalue weighted by molar-refractivity contribution is 7.80. The van der Waals surface area contributed by atoms with E-state index in [4.69, 9.17) is 23.7 Å². The van der Waals surface area contributed by atoms with Crippen LogP contribution in [0.1, 0.15) is 34.6 Å². The third-order valence-electron chi connectivity index (χ3n) is 4.91. The van der Waals surface area contributed by atoms with Crippen molar-refractivity contribution in [1.82, 2.24) is 0 Å². The van der Waals surface area contributed by atoms with E-state index in [1.54, 1.807) is 67.6 Å². The minimum Gasteiger partial charge on any atom is -0.459 e. The number of benzene rings is 2. The van der Waals surface area contributed by atoms with Gasteiger partial charge in [-0.1, -0.05) is 36.4 Å². The summed E-state index contributed by atoms with van der Waals surface area (Å²) in [5.74, 6) is -1.73. The molecule has 5 atom stereocenters. The molecule has 0 unspecified atom stereocenters. The van der Waals surface area contributed by atoms with Crippen LogP contribution in [0.3, 0.4) is 0 Å². The van der Waals surface area contributed by atoms with Crippen LogP contribution in [-0.4, -0.2) is 61.0 Å². The van der Waals surface area contributed by atoms with E-state index in [9.17, 15) is 14.4 Å². The lowest BCUT2D eigenvalue weighted by atomic mass is 9.99. The van der Waals surface area contributed by atoms with E-state index in [1.807, 2.05) is 0 Å². The third-order valence-corrected chi connectivity index (χ3v) is 5.33. The summed E-state index contributed by atoms with van der Waals surface area (Å²) < 4.78 is 28.2. The van der Waals surface area contributed by atoms with E-state index in [0.29, 0.717) is 11.1 Å². The summed E-state index contributed by atoms with van der Waals surface area (Å²) in [5.41, 5.74) is -0.200. The Labute approximate surface area is 197 Å². The fourth-order valence-corrected chi connectivity index (χ4v) is 3.84. The summed E-state index contributed by atoms with van der Waals surface area (Å²) >= 11 is 4.44. The molecule has 0 amide bonds. The first-order chi connectivity index (χ1) is 15.9. The smallest absolute Gasteiger partial charge is 0.338 e. The molecule has 0 N–H and O–H groups in total. The van der Waals surface area contributed by atoms with Gasteiger partial charge in [-0.25, -0.2) is 9.59 Å². The molecule has 0 spiro atoms. The Balaban J connectivity index is 1.77. The van der Waals surface area contributed by atoms with Gasteiger partial charge < -0.3 is 23.7 Å². The molecule has 3 rings (SSSR count). The zero-order valence-electron chi connectivity index (χ0n) is 18.3. The number of ether oxygens (including phenoxy) is 5. The van der Waals surface area contributed by atoms with Gasteiger partial charge in [-0.2, -0.15) is 0 Å². The maximum Gasteiger partial charge on any atom is 0.338 e. The predicted octanol–water partition coefficient (Wildman–Crippen LogP) is 3.06. The second-order valence-electron chi connectivity index (χ2n) is 7.26. The summed E-state index contributed by atoms with van der Waals surface area (Å²) in [6.45, 7) is 3.03. The average molecular weight is 475 g/mol. The van der Waals surface area contributed by atoms with E-state index in [-0.39, 0.29) is 13.2 Å². The second-order valence-corrected chi connectivity index (χ2v) is 7.77. The molecule has 1 heterocycles. The van der Waals surface area contributed by atoms with E-state index in [1.165, 1.54) is 6.92 Å². The molecule has 0 aliphatic carbocycles. The second kappa shape index (κ2) is 11.8. The fraction of sp³-hybridized carbons (Fsp3) is 0.375. The van der Waals surface area contributed by atoms with Crippen LogP contribution in [0.2, 0.25) is 0 Å². The van der Waals surface area contributed by atoms with Gasteiger partial charge >= 0.3 is 17.9 Å². The zero-order chi connectivity index (χ0) is 23.8. The highest BCUT2D eigenvalue weighted by atomic mass is 32.1. The standard InChI is InChI=1S/C24H26O8S/c1-3-28-20-19(30-15(2)25)18(14-29-22(26)16-10-6-4-7-11-16)31-24(33)21(20)32-23(27)17-12-8-5-9-13-17/h4-13,18-21,24,33H,3,14H2,1-2H3/t18-,19+,20+,21-,24+/m1/s1. The van der Waals surface area contributed by atoms with Gasteiger partial charge in [-0.05, 0) is 31.2 Å². The molecule has 2 aromatic carbocycles. The van der Waals surface area contributed by atoms with Crippen molar-refractivity contribution < 1.29 is 38.1 Å². The van der Waals surface area contributed by atoms with E-state index < -0.39 is 47.8 Å². The Hall–Kier alpha value is -2.88. The Kier molecular flexibility index (Phi) is 8.87. The molecule has 0 radical (unpaired) electrons. The van der Waals surface area contributed by atoms with Gasteiger partial charge in [0.2, 0.25) is 0 Å². The molecular weight excluding hydrogens is 448 g/mol. The fourth-order valence-electron chi connectivity index (χ4n) is 3.45. The number of rotatable bonds is 8. The summed E-state index contributed by atoms with van der Waals surface area (Å²) in [6.07, 6.45) is -3.75. The first-order valence-corrected chi connectivity index (χ1v) is 11.0. The molecular formula is C24H26O8S. The van der Waals surface area contributed by atoms with Gasteiger partial charge in [0.15, 0.2) is 12.2 Å². The van der Waals surface area contributed by atoms with Gasteiger partial charge in [0.1, 0.15) is 24.3 Å². The SMILES string of the molecule is CCO[C@@H]1[C@@H](OC(=O)c2ccccc2)[C@H](S)O[C@H](COC(=O)c2ccccc2)[C@@H]1OC(C)=O. The topological polar surface area (TPSA) is 97.4 Å². The van der Waals surface area contributed by atoms with Gasteiger partial charge in [0, 0.05) is 13.5 Å². The Morgan fingerprint density at radius 1 is 0.848 bits per heavy atom. The number of carbonyl (C=O) groups is 3. The minimum atomic E-state index is -0.997. The van der Waals surface area contributed by atoms with Crippen molar-refractivity contribution in [3.63, 3.8) is 0 Å².